The van der Waals surface area contributed by atoms with Crippen LogP contribution in [-0.2, 0) is 19.6 Å². The van der Waals surface area contributed by atoms with Gasteiger partial charge in [0.05, 0.1) is 30.3 Å². The number of hydrogen-bond donors (Lipinski definition) is 1. The number of sulfonamides is 1. The van der Waals surface area contributed by atoms with E-state index in [1.165, 1.54) is 13.2 Å². The maximum atomic E-state index is 13.1. The summed E-state index contributed by atoms with van der Waals surface area (Å²) in [6.45, 7) is 5.39. The van der Waals surface area contributed by atoms with Crippen molar-refractivity contribution in [1.82, 2.24) is 0 Å². The Balaban J connectivity index is 2.48. The summed E-state index contributed by atoms with van der Waals surface area (Å²) in [5, 5.41) is 2.69. The van der Waals surface area contributed by atoms with Crippen LogP contribution in [0.1, 0.15) is 34.8 Å². The van der Waals surface area contributed by atoms with E-state index in [4.69, 9.17) is 4.74 Å². The minimum atomic E-state index is -3.76. The quantitative estimate of drug-likeness (QED) is 0.697. The number of esters is 1. The normalized spacial score (nSPS) is 12.2. The number of benzene rings is 2. The first-order chi connectivity index (χ1) is 13.6. The zero-order valence-corrected chi connectivity index (χ0v) is 18.0. The van der Waals surface area contributed by atoms with Crippen molar-refractivity contribution in [2.75, 3.05) is 23.0 Å². The van der Waals surface area contributed by atoms with Crippen molar-refractivity contribution in [3.05, 3.63) is 59.2 Å². The van der Waals surface area contributed by atoms with Crippen molar-refractivity contribution >= 4 is 33.3 Å². The van der Waals surface area contributed by atoms with Crippen LogP contribution in [0, 0.1) is 13.8 Å². The van der Waals surface area contributed by atoms with Gasteiger partial charge in [0.1, 0.15) is 6.04 Å². The van der Waals surface area contributed by atoms with E-state index in [-0.39, 0.29) is 17.7 Å². The van der Waals surface area contributed by atoms with Crippen molar-refractivity contribution < 1.29 is 22.7 Å². The molecule has 0 unspecified atom stereocenters. The Kier molecular flexibility index (Phi) is 7.02. The molecule has 7 nitrogen and oxygen atoms in total. The molecule has 1 N–H and O–H groups in total. The lowest BCUT2D eigenvalue weighted by Gasteiger charge is -2.31. The maximum Gasteiger partial charge on any atom is 0.339 e. The van der Waals surface area contributed by atoms with Gasteiger partial charge in [-0.15, -0.1) is 0 Å². The summed E-state index contributed by atoms with van der Waals surface area (Å²) in [4.78, 5) is 25.1. The minimum Gasteiger partial charge on any atom is -0.465 e. The fraction of sp³-hybridized carbons (Fsp3) is 0.333. The molecule has 0 bridgehead atoms. The Labute approximate surface area is 171 Å². The summed E-state index contributed by atoms with van der Waals surface area (Å²) in [5.41, 5.74) is 2.52. The second-order valence-corrected chi connectivity index (χ2v) is 8.66. The Morgan fingerprint density at radius 2 is 1.79 bits per heavy atom. The third-order valence-corrected chi connectivity index (χ3v) is 5.69. The minimum absolute atomic E-state index is 0.191. The number of para-hydroxylation sites is 1. The molecule has 156 valence electrons. The molecule has 0 spiro atoms. The molecular formula is C21H26N2O5S. The molecule has 0 fully saturated rings. The summed E-state index contributed by atoms with van der Waals surface area (Å²) >= 11 is 0. The van der Waals surface area contributed by atoms with Crippen LogP contribution in [0.15, 0.2) is 42.5 Å². The number of rotatable bonds is 7. The molecular weight excluding hydrogens is 392 g/mol. The van der Waals surface area contributed by atoms with Crippen LogP contribution in [0.3, 0.4) is 0 Å². The van der Waals surface area contributed by atoms with Gasteiger partial charge in [0, 0.05) is 0 Å². The number of amides is 1. The molecule has 0 radical (unpaired) electrons. The Morgan fingerprint density at radius 3 is 2.38 bits per heavy atom. The van der Waals surface area contributed by atoms with Gasteiger partial charge in [-0.25, -0.2) is 13.2 Å². The average Bonchev–Trinajstić information content (AvgIpc) is 2.66. The number of nitrogens with zero attached hydrogens (tertiary/aromatic N) is 1. The highest BCUT2D eigenvalue weighted by molar-refractivity contribution is 7.92. The molecule has 29 heavy (non-hydrogen) atoms. The third-order valence-electron chi connectivity index (χ3n) is 4.52. The van der Waals surface area contributed by atoms with Crippen LogP contribution in [0.25, 0.3) is 0 Å². The highest BCUT2D eigenvalue weighted by atomic mass is 32.2. The lowest BCUT2D eigenvalue weighted by molar-refractivity contribution is -0.117. The van der Waals surface area contributed by atoms with E-state index in [1.807, 2.05) is 19.1 Å². The van der Waals surface area contributed by atoms with E-state index in [0.717, 1.165) is 21.7 Å². The third kappa shape index (κ3) is 5.14. The molecule has 1 amide bonds. The highest BCUT2D eigenvalue weighted by Crippen LogP contribution is 2.28. The number of anilines is 2. The van der Waals surface area contributed by atoms with Crippen LogP contribution in [0.5, 0.6) is 0 Å². The van der Waals surface area contributed by atoms with Crippen LogP contribution in [0.2, 0.25) is 0 Å². The van der Waals surface area contributed by atoms with Gasteiger partial charge in [-0.1, -0.05) is 31.2 Å². The van der Waals surface area contributed by atoms with Crippen LogP contribution in [-0.4, -0.2) is 39.7 Å². The van der Waals surface area contributed by atoms with E-state index < -0.39 is 27.9 Å². The SMILES string of the molecule is CC[C@H](C(=O)Nc1ccccc1C(=O)OC)N(c1cc(C)ccc1C)S(C)(=O)=O. The summed E-state index contributed by atoms with van der Waals surface area (Å²) in [6.07, 6.45) is 1.32. The molecule has 1 atom stereocenters. The molecule has 0 aliphatic carbocycles. The van der Waals surface area contributed by atoms with E-state index in [2.05, 4.69) is 5.32 Å². The largest absolute Gasteiger partial charge is 0.465 e. The highest BCUT2D eigenvalue weighted by Gasteiger charge is 2.33. The van der Waals surface area contributed by atoms with E-state index in [1.54, 1.807) is 38.1 Å². The van der Waals surface area contributed by atoms with Crippen LogP contribution >= 0.6 is 0 Å². The Bertz CT molecular complexity index is 1020. The van der Waals surface area contributed by atoms with Gasteiger partial charge in [0.25, 0.3) is 0 Å². The number of carbonyl (C=O) groups excluding carboxylic acids is 2. The molecule has 2 rings (SSSR count). The fourth-order valence-electron chi connectivity index (χ4n) is 3.09. The number of aryl methyl sites for hydroxylation is 2. The van der Waals surface area contributed by atoms with Gasteiger partial charge in [-0.3, -0.25) is 9.10 Å². The average molecular weight is 419 g/mol. The molecule has 8 heteroatoms. The number of hydrogen-bond acceptors (Lipinski definition) is 5. The second kappa shape index (κ2) is 9.09. The number of nitrogens with one attached hydrogen (secondary N) is 1. The lowest BCUT2D eigenvalue weighted by Crippen LogP contribution is -2.47. The van der Waals surface area contributed by atoms with Crippen molar-refractivity contribution in [2.45, 2.75) is 33.2 Å². The molecule has 0 aliphatic heterocycles. The predicted molar refractivity (Wildman–Crippen MR) is 114 cm³/mol. The predicted octanol–water partition coefficient (Wildman–Crippen LogP) is 3.27. The fourth-order valence-corrected chi connectivity index (χ4v) is 4.35. The Morgan fingerprint density at radius 1 is 1.14 bits per heavy atom. The van der Waals surface area contributed by atoms with Crippen molar-refractivity contribution in [3.63, 3.8) is 0 Å². The second-order valence-electron chi connectivity index (χ2n) is 6.80. The summed E-state index contributed by atoms with van der Waals surface area (Å²) in [6, 6.07) is 10.9. The van der Waals surface area contributed by atoms with E-state index in [9.17, 15) is 18.0 Å². The van der Waals surface area contributed by atoms with Crippen LogP contribution in [0.4, 0.5) is 11.4 Å². The van der Waals surface area contributed by atoms with Gasteiger partial charge in [-0.2, -0.15) is 0 Å². The number of ether oxygens (including phenoxy) is 1. The molecule has 0 saturated carbocycles. The van der Waals surface area contributed by atoms with E-state index >= 15 is 0 Å². The lowest BCUT2D eigenvalue weighted by atomic mass is 10.1. The van der Waals surface area contributed by atoms with Crippen molar-refractivity contribution in [3.8, 4) is 0 Å². The first-order valence-corrected chi connectivity index (χ1v) is 11.0. The molecule has 0 heterocycles. The summed E-state index contributed by atoms with van der Waals surface area (Å²) < 4.78 is 31.2. The smallest absolute Gasteiger partial charge is 0.339 e. The zero-order chi connectivity index (χ0) is 21.8. The van der Waals surface area contributed by atoms with Gasteiger partial charge < -0.3 is 10.1 Å². The molecule has 2 aromatic carbocycles. The van der Waals surface area contributed by atoms with Gasteiger partial charge in [0.15, 0.2) is 0 Å². The molecule has 0 aromatic heterocycles. The van der Waals surface area contributed by atoms with Crippen LogP contribution < -0.4 is 9.62 Å². The molecule has 0 saturated heterocycles. The summed E-state index contributed by atoms with van der Waals surface area (Å²) in [5.74, 6) is -1.13. The molecule has 0 aliphatic rings. The zero-order valence-electron chi connectivity index (χ0n) is 17.2. The first-order valence-electron chi connectivity index (χ1n) is 9.15. The molecule has 2 aromatic rings. The topological polar surface area (TPSA) is 92.8 Å². The van der Waals surface area contributed by atoms with Gasteiger partial charge >= 0.3 is 5.97 Å². The standard InChI is InChI=1S/C21H26N2O5S/c1-6-18(20(24)22-17-10-8-7-9-16(17)21(25)28-4)23(29(5,26)27)19-13-14(2)11-12-15(19)3/h7-13,18H,6H2,1-5H3,(H,22,24)/t18-/m1/s1. The summed E-state index contributed by atoms with van der Waals surface area (Å²) in [7, 11) is -2.50. The maximum absolute atomic E-state index is 13.1. The Hall–Kier alpha value is -2.87. The number of methoxy groups -OCH3 is 1. The van der Waals surface area contributed by atoms with Gasteiger partial charge in [0.2, 0.25) is 15.9 Å². The number of carbonyl (C=O) groups is 2. The van der Waals surface area contributed by atoms with Gasteiger partial charge in [-0.05, 0) is 49.6 Å². The van der Waals surface area contributed by atoms with E-state index in [0.29, 0.717) is 5.69 Å². The van der Waals surface area contributed by atoms with Crippen molar-refractivity contribution in [2.24, 2.45) is 0 Å². The van der Waals surface area contributed by atoms with Crippen molar-refractivity contribution in [1.29, 1.82) is 0 Å². The first kappa shape index (κ1) is 22.4. The monoisotopic (exact) mass is 418 g/mol.